The van der Waals surface area contributed by atoms with E-state index in [0.29, 0.717) is 5.88 Å². The number of carbonyl (C=O) groups excluding carboxylic acids is 1. The largest absolute Gasteiger partial charge is 0.375 e. The first-order valence-corrected chi connectivity index (χ1v) is 6.57. The Morgan fingerprint density at radius 3 is 2.79 bits per heavy atom. The van der Waals surface area contributed by atoms with Crippen molar-refractivity contribution < 1.29 is 9.32 Å². The molecule has 0 saturated heterocycles. The minimum Gasteiger partial charge on any atom is -0.375 e. The molecule has 0 unspecified atom stereocenters. The minimum atomic E-state index is -0.191. The van der Waals surface area contributed by atoms with Gasteiger partial charge in [-0.2, -0.15) is 0 Å². The van der Waals surface area contributed by atoms with E-state index in [0.717, 1.165) is 21.4 Å². The molecular weight excluding hydrogens is 310 g/mol. The summed E-state index contributed by atoms with van der Waals surface area (Å²) in [6.07, 6.45) is 0. The molecule has 1 aromatic heterocycles. The average Bonchev–Trinajstić information content (AvgIpc) is 2.73. The molecule has 2 N–H and O–H groups in total. The number of aryl methyl sites for hydroxylation is 2. The SMILES string of the molecule is Cc1ccc(NCC(=O)Nc2cc(C)no2)c(Br)c1. The molecule has 0 saturated carbocycles. The summed E-state index contributed by atoms with van der Waals surface area (Å²) in [4.78, 5) is 11.7. The maximum atomic E-state index is 11.7. The molecule has 1 amide bonds. The van der Waals surface area contributed by atoms with Crippen LogP contribution in [0.3, 0.4) is 0 Å². The van der Waals surface area contributed by atoms with E-state index in [-0.39, 0.29) is 12.5 Å². The van der Waals surface area contributed by atoms with Crippen LogP contribution >= 0.6 is 15.9 Å². The number of rotatable bonds is 4. The Bertz CT molecular complexity index is 595. The van der Waals surface area contributed by atoms with Crippen LogP contribution in [0.5, 0.6) is 0 Å². The first-order valence-electron chi connectivity index (χ1n) is 5.78. The lowest BCUT2D eigenvalue weighted by molar-refractivity contribution is -0.114. The second kappa shape index (κ2) is 5.88. The molecule has 0 aliphatic carbocycles. The Balaban J connectivity index is 1.89. The summed E-state index contributed by atoms with van der Waals surface area (Å²) in [7, 11) is 0. The summed E-state index contributed by atoms with van der Waals surface area (Å²) in [5.74, 6) is 0.163. The molecule has 0 aliphatic heterocycles. The minimum absolute atomic E-state index is 0.154. The zero-order valence-electron chi connectivity index (χ0n) is 10.7. The van der Waals surface area contributed by atoms with Crippen LogP contribution in [0.1, 0.15) is 11.3 Å². The number of amides is 1. The molecule has 0 spiro atoms. The molecule has 0 atom stereocenters. The van der Waals surface area contributed by atoms with Gasteiger partial charge in [-0.1, -0.05) is 11.2 Å². The fraction of sp³-hybridized carbons (Fsp3) is 0.231. The van der Waals surface area contributed by atoms with Gasteiger partial charge in [-0.05, 0) is 47.5 Å². The number of carbonyl (C=O) groups is 1. The fourth-order valence-electron chi connectivity index (χ4n) is 1.54. The van der Waals surface area contributed by atoms with Crippen LogP contribution in [0.15, 0.2) is 33.3 Å². The highest BCUT2D eigenvalue weighted by Crippen LogP contribution is 2.23. The summed E-state index contributed by atoms with van der Waals surface area (Å²) in [5.41, 5.74) is 2.75. The fourth-order valence-corrected chi connectivity index (χ4v) is 2.18. The molecule has 19 heavy (non-hydrogen) atoms. The monoisotopic (exact) mass is 323 g/mol. The second-order valence-corrected chi connectivity index (χ2v) is 5.07. The second-order valence-electron chi connectivity index (χ2n) is 4.22. The maximum Gasteiger partial charge on any atom is 0.246 e. The van der Waals surface area contributed by atoms with Gasteiger partial charge in [0.2, 0.25) is 11.8 Å². The number of nitrogens with one attached hydrogen (secondary N) is 2. The van der Waals surface area contributed by atoms with Crippen molar-refractivity contribution in [3.63, 3.8) is 0 Å². The highest BCUT2D eigenvalue weighted by Gasteiger charge is 2.07. The van der Waals surface area contributed by atoms with E-state index >= 15 is 0 Å². The van der Waals surface area contributed by atoms with Crippen molar-refractivity contribution in [2.45, 2.75) is 13.8 Å². The summed E-state index contributed by atoms with van der Waals surface area (Å²) in [6, 6.07) is 7.55. The van der Waals surface area contributed by atoms with Gasteiger partial charge < -0.3 is 9.84 Å². The van der Waals surface area contributed by atoms with E-state index in [1.165, 1.54) is 0 Å². The van der Waals surface area contributed by atoms with E-state index in [4.69, 9.17) is 4.52 Å². The molecular formula is C13H14BrN3O2. The van der Waals surface area contributed by atoms with E-state index in [1.54, 1.807) is 13.0 Å². The number of hydrogen-bond acceptors (Lipinski definition) is 4. The predicted molar refractivity (Wildman–Crippen MR) is 77.2 cm³/mol. The van der Waals surface area contributed by atoms with Crippen LogP contribution in [0.25, 0.3) is 0 Å². The van der Waals surface area contributed by atoms with Gasteiger partial charge in [0.1, 0.15) is 0 Å². The van der Waals surface area contributed by atoms with Crippen molar-refractivity contribution in [2.75, 3.05) is 17.2 Å². The van der Waals surface area contributed by atoms with E-state index in [1.807, 2.05) is 25.1 Å². The summed E-state index contributed by atoms with van der Waals surface area (Å²) in [6.45, 7) is 3.95. The normalized spacial score (nSPS) is 10.3. The first kappa shape index (κ1) is 13.6. The third-order valence-corrected chi connectivity index (χ3v) is 3.11. The molecule has 100 valence electrons. The van der Waals surface area contributed by atoms with Crippen molar-refractivity contribution in [1.29, 1.82) is 0 Å². The van der Waals surface area contributed by atoms with Gasteiger partial charge in [-0.25, -0.2) is 0 Å². The molecule has 0 aliphatic rings. The first-order chi connectivity index (χ1) is 9.04. The number of anilines is 2. The molecule has 1 heterocycles. The molecule has 2 aromatic rings. The summed E-state index contributed by atoms with van der Waals surface area (Å²) < 4.78 is 5.83. The van der Waals surface area contributed by atoms with Crippen LogP contribution in [0.4, 0.5) is 11.6 Å². The standard InChI is InChI=1S/C13H14BrN3O2/c1-8-3-4-11(10(14)5-8)15-7-12(18)16-13-6-9(2)17-19-13/h3-6,15H,7H2,1-2H3,(H,16,18). The molecule has 2 rings (SSSR count). The highest BCUT2D eigenvalue weighted by molar-refractivity contribution is 9.10. The Kier molecular flexibility index (Phi) is 4.21. The third kappa shape index (κ3) is 3.82. The number of halogens is 1. The van der Waals surface area contributed by atoms with Gasteiger partial charge >= 0.3 is 0 Å². The lowest BCUT2D eigenvalue weighted by Crippen LogP contribution is -2.21. The topological polar surface area (TPSA) is 67.2 Å². The van der Waals surface area contributed by atoms with Gasteiger partial charge in [0, 0.05) is 16.2 Å². The summed E-state index contributed by atoms with van der Waals surface area (Å²) in [5, 5.41) is 9.36. The Hall–Kier alpha value is -1.82. The van der Waals surface area contributed by atoms with Crippen molar-refractivity contribution in [2.24, 2.45) is 0 Å². The van der Waals surface area contributed by atoms with Gasteiger partial charge in [0.15, 0.2) is 0 Å². The van der Waals surface area contributed by atoms with Crippen LogP contribution in [0.2, 0.25) is 0 Å². The molecule has 5 nitrogen and oxygen atoms in total. The smallest absolute Gasteiger partial charge is 0.246 e. The summed E-state index contributed by atoms with van der Waals surface area (Å²) >= 11 is 3.44. The molecule has 6 heteroatoms. The molecule has 1 aromatic carbocycles. The number of hydrogen-bond donors (Lipinski definition) is 2. The predicted octanol–water partition coefficient (Wildman–Crippen LogP) is 3.10. The lowest BCUT2D eigenvalue weighted by atomic mass is 10.2. The molecule has 0 fully saturated rings. The van der Waals surface area contributed by atoms with E-state index in [2.05, 4.69) is 31.7 Å². The third-order valence-electron chi connectivity index (χ3n) is 2.45. The molecule has 0 radical (unpaired) electrons. The average molecular weight is 324 g/mol. The van der Waals surface area contributed by atoms with Gasteiger partial charge in [0.25, 0.3) is 0 Å². The van der Waals surface area contributed by atoms with Gasteiger partial charge in [-0.3, -0.25) is 10.1 Å². The Morgan fingerprint density at radius 2 is 2.16 bits per heavy atom. The van der Waals surface area contributed by atoms with Gasteiger partial charge in [-0.15, -0.1) is 0 Å². The van der Waals surface area contributed by atoms with Crippen LogP contribution in [-0.2, 0) is 4.79 Å². The van der Waals surface area contributed by atoms with Crippen LogP contribution < -0.4 is 10.6 Å². The van der Waals surface area contributed by atoms with Crippen molar-refractivity contribution in [1.82, 2.24) is 5.16 Å². The lowest BCUT2D eigenvalue weighted by Gasteiger charge is -2.08. The van der Waals surface area contributed by atoms with E-state index < -0.39 is 0 Å². The zero-order chi connectivity index (χ0) is 13.8. The van der Waals surface area contributed by atoms with Crippen molar-refractivity contribution in [3.05, 3.63) is 40.0 Å². The number of aromatic nitrogens is 1. The Morgan fingerprint density at radius 1 is 1.37 bits per heavy atom. The van der Waals surface area contributed by atoms with Crippen LogP contribution in [0, 0.1) is 13.8 Å². The highest BCUT2D eigenvalue weighted by atomic mass is 79.9. The van der Waals surface area contributed by atoms with Gasteiger partial charge in [0.05, 0.1) is 12.2 Å². The number of nitrogens with zero attached hydrogens (tertiary/aromatic N) is 1. The van der Waals surface area contributed by atoms with Crippen molar-refractivity contribution in [3.8, 4) is 0 Å². The maximum absolute atomic E-state index is 11.7. The Labute approximate surface area is 119 Å². The van der Waals surface area contributed by atoms with E-state index in [9.17, 15) is 4.79 Å². The quantitative estimate of drug-likeness (QED) is 0.907. The van der Waals surface area contributed by atoms with Crippen molar-refractivity contribution >= 4 is 33.4 Å². The van der Waals surface area contributed by atoms with Crippen LogP contribution in [-0.4, -0.2) is 17.6 Å². The molecule has 0 bridgehead atoms. The number of benzene rings is 1. The zero-order valence-corrected chi connectivity index (χ0v) is 12.2.